The molecule has 1 heterocycles. The first kappa shape index (κ1) is 11.9. The molecule has 1 aliphatic rings. The highest BCUT2D eigenvalue weighted by atomic mass is 32.2. The Morgan fingerprint density at radius 3 is 2.88 bits per heavy atom. The summed E-state index contributed by atoms with van der Waals surface area (Å²) < 4.78 is 0. The van der Waals surface area contributed by atoms with Crippen molar-refractivity contribution in [2.75, 3.05) is 5.32 Å². The Balaban J connectivity index is 2.23. The Kier molecular flexibility index (Phi) is 3.32. The molecule has 0 spiro atoms. The lowest BCUT2D eigenvalue weighted by atomic mass is 10.2. The molecule has 1 aromatic carbocycles. The smallest absolute Gasteiger partial charge is 0.273 e. The maximum Gasteiger partial charge on any atom is 0.273 e. The maximum atomic E-state index is 11.7. The van der Waals surface area contributed by atoms with Crippen LogP contribution in [0.5, 0.6) is 0 Å². The van der Waals surface area contributed by atoms with Crippen LogP contribution in [0.1, 0.15) is 0 Å². The number of fused-ring (bicyclic) bond motifs is 1. The topological polar surface area (TPSA) is 98.7 Å². The molecule has 4 N–H and O–H groups in total. The SMILES string of the molecule is O=C(NO)C(O)C1Sc2ccccc2NC1=O. The van der Waals surface area contributed by atoms with E-state index in [1.807, 2.05) is 0 Å². The Bertz CT molecular complexity index is 465. The number of nitrogens with one attached hydrogen (secondary N) is 2. The normalized spacial score (nSPS) is 20.1. The van der Waals surface area contributed by atoms with E-state index in [0.29, 0.717) is 5.69 Å². The lowest BCUT2D eigenvalue weighted by Gasteiger charge is -2.26. The van der Waals surface area contributed by atoms with E-state index in [4.69, 9.17) is 5.21 Å². The van der Waals surface area contributed by atoms with Crippen molar-refractivity contribution in [3.63, 3.8) is 0 Å². The van der Waals surface area contributed by atoms with Gasteiger partial charge in [-0.15, -0.1) is 11.8 Å². The van der Waals surface area contributed by atoms with Gasteiger partial charge < -0.3 is 10.4 Å². The molecule has 6 nitrogen and oxygen atoms in total. The summed E-state index contributed by atoms with van der Waals surface area (Å²) in [6.07, 6.45) is -1.60. The van der Waals surface area contributed by atoms with Crippen LogP contribution in [0.15, 0.2) is 29.2 Å². The summed E-state index contributed by atoms with van der Waals surface area (Å²) in [5.41, 5.74) is 1.97. The molecule has 2 amide bonds. The number of carbonyl (C=O) groups is 2. The summed E-state index contributed by atoms with van der Waals surface area (Å²) in [6.45, 7) is 0. The average Bonchev–Trinajstić information content (AvgIpc) is 2.36. The van der Waals surface area contributed by atoms with Crippen molar-refractivity contribution in [3.05, 3.63) is 24.3 Å². The Morgan fingerprint density at radius 1 is 1.47 bits per heavy atom. The summed E-state index contributed by atoms with van der Waals surface area (Å²) in [7, 11) is 0. The molecule has 2 rings (SSSR count). The molecule has 0 saturated heterocycles. The van der Waals surface area contributed by atoms with Crippen LogP contribution < -0.4 is 10.8 Å². The Morgan fingerprint density at radius 2 is 2.18 bits per heavy atom. The van der Waals surface area contributed by atoms with E-state index in [-0.39, 0.29) is 0 Å². The van der Waals surface area contributed by atoms with Crippen molar-refractivity contribution in [2.45, 2.75) is 16.2 Å². The Hall–Kier alpha value is -1.57. The van der Waals surface area contributed by atoms with Crippen molar-refractivity contribution >= 4 is 29.3 Å². The highest BCUT2D eigenvalue weighted by molar-refractivity contribution is 8.01. The van der Waals surface area contributed by atoms with Gasteiger partial charge in [0.15, 0.2) is 6.10 Å². The van der Waals surface area contributed by atoms with Crippen LogP contribution in [-0.4, -0.2) is 33.5 Å². The largest absolute Gasteiger partial charge is 0.381 e. The number of hydroxylamine groups is 1. The van der Waals surface area contributed by atoms with Gasteiger partial charge >= 0.3 is 0 Å². The number of aliphatic hydroxyl groups excluding tert-OH is 1. The number of aliphatic hydroxyl groups is 1. The molecule has 90 valence electrons. The summed E-state index contributed by atoms with van der Waals surface area (Å²) in [5, 5.41) is 19.6. The first-order valence-electron chi connectivity index (χ1n) is 4.82. The van der Waals surface area contributed by atoms with Crippen molar-refractivity contribution in [3.8, 4) is 0 Å². The van der Waals surface area contributed by atoms with E-state index >= 15 is 0 Å². The van der Waals surface area contributed by atoms with Gasteiger partial charge in [-0.05, 0) is 12.1 Å². The van der Waals surface area contributed by atoms with Crippen LogP contribution in [0.3, 0.4) is 0 Å². The minimum Gasteiger partial charge on any atom is -0.381 e. The van der Waals surface area contributed by atoms with Crippen molar-refractivity contribution < 1.29 is 19.9 Å². The number of benzene rings is 1. The van der Waals surface area contributed by atoms with Crippen LogP contribution in [0.4, 0.5) is 5.69 Å². The lowest BCUT2D eigenvalue weighted by Crippen LogP contribution is -2.46. The zero-order valence-corrected chi connectivity index (χ0v) is 9.40. The second kappa shape index (κ2) is 4.74. The van der Waals surface area contributed by atoms with Crippen molar-refractivity contribution in [1.29, 1.82) is 0 Å². The maximum absolute atomic E-state index is 11.7. The first-order valence-corrected chi connectivity index (χ1v) is 5.70. The van der Waals surface area contributed by atoms with Gasteiger partial charge in [0.25, 0.3) is 5.91 Å². The number of hydrogen-bond acceptors (Lipinski definition) is 5. The predicted molar refractivity (Wildman–Crippen MR) is 60.7 cm³/mol. The van der Waals surface area contributed by atoms with Gasteiger partial charge in [0.2, 0.25) is 5.91 Å². The molecule has 0 radical (unpaired) electrons. The van der Waals surface area contributed by atoms with Gasteiger partial charge in [-0.25, -0.2) is 5.48 Å². The van der Waals surface area contributed by atoms with E-state index in [1.54, 1.807) is 24.3 Å². The minimum absolute atomic E-state index is 0.468. The standard InChI is InChI=1S/C10H10N2O4S/c13-7(9(14)12-16)8-10(15)11-5-3-1-2-4-6(5)17-8/h1-4,7-8,13,16H,(H,11,15)(H,12,14). The fourth-order valence-electron chi connectivity index (χ4n) is 1.48. The molecule has 2 unspecified atom stereocenters. The number of carbonyl (C=O) groups excluding carboxylic acids is 2. The monoisotopic (exact) mass is 254 g/mol. The highest BCUT2D eigenvalue weighted by Gasteiger charge is 2.36. The number of amides is 2. The third-order valence-electron chi connectivity index (χ3n) is 2.32. The molecule has 0 bridgehead atoms. The number of rotatable bonds is 2. The fourth-order valence-corrected chi connectivity index (χ4v) is 2.57. The van der Waals surface area contributed by atoms with E-state index in [9.17, 15) is 14.7 Å². The van der Waals surface area contributed by atoms with E-state index < -0.39 is 23.2 Å². The summed E-state index contributed by atoms with van der Waals surface area (Å²) in [4.78, 5) is 23.5. The van der Waals surface area contributed by atoms with Gasteiger partial charge in [0, 0.05) is 4.90 Å². The number of hydrogen-bond donors (Lipinski definition) is 4. The predicted octanol–water partition coefficient (Wildman–Crippen LogP) is -0.0343. The summed E-state index contributed by atoms with van der Waals surface area (Å²) >= 11 is 1.08. The minimum atomic E-state index is -1.60. The number of thioether (sulfide) groups is 1. The molecule has 0 aromatic heterocycles. The fraction of sp³-hybridized carbons (Fsp3) is 0.200. The molecule has 0 fully saturated rings. The zero-order chi connectivity index (χ0) is 12.4. The highest BCUT2D eigenvalue weighted by Crippen LogP contribution is 2.36. The molecular weight excluding hydrogens is 244 g/mol. The van der Waals surface area contributed by atoms with E-state index in [1.165, 1.54) is 5.48 Å². The van der Waals surface area contributed by atoms with Crippen LogP contribution in [0.25, 0.3) is 0 Å². The Labute approximate surface area is 101 Å². The molecular formula is C10H10N2O4S. The molecule has 0 saturated carbocycles. The molecule has 1 aromatic rings. The van der Waals surface area contributed by atoms with Crippen LogP contribution >= 0.6 is 11.8 Å². The van der Waals surface area contributed by atoms with Gasteiger partial charge in [-0.2, -0.15) is 0 Å². The van der Waals surface area contributed by atoms with Crippen LogP contribution in [0.2, 0.25) is 0 Å². The van der Waals surface area contributed by atoms with E-state index in [0.717, 1.165) is 16.7 Å². The second-order valence-corrected chi connectivity index (χ2v) is 4.63. The average molecular weight is 254 g/mol. The number of para-hydroxylation sites is 1. The van der Waals surface area contributed by atoms with Gasteiger partial charge in [0.05, 0.1) is 5.69 Å². The third-order valence-corrected chi connectivity index (χ3v) is 3.66. The third kappa shape index (κ3) is 2.26. The van der Waals surface area contributed by atoms with Gasteiger partial charge in [-0.3, -0.25) is 14.8 Å². The lowest BCUT2D eigenvalue weighted by molar-refractivity contribution is -0.139. The quantitative estimate of drug-likeness (QED) is 0.438. The summed E-state index contributed by atoms with van der Waals surface area (Å²) in [6, 6.07) is 7.07. The van der Waals surface area contributed by atoms with Gasteiger partial charge in [0.1, 0.15) is 5.25 Å². The zero-order valence-electron chi connectivity index (χ0n) is 8.58. The molecule has 17 heavy (non-hydrogen) atoms. The molecule has 0 aliphatic carbocycles. The summed E-state index contributed by atoms with van der Waals surface area (Å²) in [5.74, 6) is -1.47. The molecule has 2 atom stereocenters. The molecule has 7 heteroatoms. The number of anilines is 1. The van der Waals surface area contributed by atoms with E-state index in [2.05, 4.69) is 5.32 Å². The second-order valence-electron chi connectivity index (χ2n) is 3.44. The van der Waals surface area contributed by atoms with Crippen LogP contribution in [-0.2, 0) is 9.59 Å². The molecule has 1 aliphatic heterocycles. The van der Waals surface area contributed by atoms with Crippen LogP contribution in [0, 0.1) is 0 Å². The van der Waals surface area contributed by atoms with Crippen molar-refractivity contribution in [2.24, 2.45) is 0 Å². The van der Waals surface area contributed by atoms with Crippen molar-refractivity contribution in [1.82, 2.24) is 5.48 Å². The first-order chi connectivity index (χ1) is 8.13. The van der Waals surface area contributed by atoms with Gasteiger partial charge in [-0.1, -0.05) is 12.1 Å².